The van der Waals surface area contributed by atoms with Crippen LogP contribution in [0.2, 0.25) is 0 Å². The van der Waals surface area contributed by atoms with Crippen molar-refractivity contribution < 1.29 is 4.52 Å². The Morgan fingerprint density at radius 3 is 2.84 bits per heavy atom. The van der Waals surface area contributed by atoms with Crippen LogP contribution in [0.5, 0.6) is 0 Å². The fraction of sp³-hybridized carbons (Fsp3) is 0.800. The van der Waals surface area contributed by atoms with E-state index in [0.717, 1.165) is 37.1 Å². The van der Waals surface area contributed by atoms with E-state index in [4.69, 9.17) is 4.52 Å². The molecule has 0 aromatic carbocycles. The number of aromatic nitrogens is 1. The van der Waals surface area contributed by atoms with E-state index in [1.165, 1.54) is 25.7 Å². The first-order valence-corrected chi connectivity index (χ1v) is 7.50. The van der Waals surface area contributed by atoms with Crippen LogP contribution < -0.4 is 5.32 Å². The van der Waals surface area contributed by atoms with Gasteiger partial charge in [-0.05, 0) is 32.4 Å². The van der Waals surface area contributed by atoms with Gasteiger partial charge >= 0.3 is 0 Å². The van der Waals surface area contributed by atoms with Gasteiger partial charge in [0.1, 0.15) is 0 Å². The Morgan fingerprint density at radius 1 is 1.42 bits per heavy atom. The fourth-order valence-corrected chi connectivity index (χ4v) is 2.72. The molecule has 0 aliphatic heterocycles. The van der Waals surface area contributed by atoms with Gasteiger partial charge in [-0.25, -0.2) is 0 Å². The van der Waals surface area contributed by atoms with Crippen molar-refractivity contribution in [3.05, 3.63) is 17.5 Å². The second-order valence-electron chi connectivity index (χ2n) is 6.16. The molecular formula is C15H27N3O. The number of hydrogen-bond donors (Lipinski definition) is 1. The lowest BCUT2D eigenvalue weighted by atomic mass is 10.2. The van der Waals surface area contributed by atoms with E-state index >= 15 is 0 Å². The van der Waals surface area contributed by atoms with Crippen LogP contribution >= 0.6 is 0 Å². The second-order valence-corrected chi connectivity index (χ2v) is 6.16. The van der Waals surface area contributed by atoms with Crippen molar-refractivity contribution in [1.29, 1.82) is 0 Å². The molecule has 1 aromatic rings. The predicted molar refractivity (Wildman–Crippen MR) is 76.8 cm³/mol. The summed E-state index contributed by atoms with van der Waals surface area (Å²) in [6, 6.07) is 2.81. The molecule has 1 saturated carbocycles. The van der Waals surface area contributed by atoms with E-state index in [2.05, 4.69) is 42.3 Å². The van der Waals surface area contributed by atoms with Crippen molar-refractivity contribution in [1.82, 2.24) is 15.4 Å². The Hall–Kier alpha value is -0.870. The Labute approximate surface area is 116 Å². The highest BCUT2D eigenvalue weighted by Gasteiger charge is 2.20. The maximum absolute atomic E-state index is 5.42. The van der Waals surface area contributed by atoms with Crippen LogP contribution in [0.25, 0.3) is 0 Å². The molecule has 1 N–H and O–H groups in total. The van der Waals surface area contributed by atoms with E-state index in [0.29, 0.717) is 5.92 Å². The van der Waals surface area contributed by atoms with Gasteiger partial charge < -0.3 is 9.84 Å². The molecule has 0 bridgehead atoms. The van der Waals surface area contributed by atoms with Crippen molar-refractivity contribution in [2.24, 2.45) is 5.92 Å². The molecule has 0 saturated heterocycles. The normalized spacial score (nSPS) is 16.9. The summed E-state index contributed by atoms with van der Waals surface area (Å²) in [6.07, 6.45) is 5.40. The standard InChI is InChI=1S/C15H27N3O/c1-12(2)9-16-10-13-8-15(19-17-13)11-18(3)14-6-4-5-7-14/h8,12,14,16H,4-7,9-11H2,1-3H3. The zero-order chi connectivity index (χ0) is 13.7. The highest BCUT2D eigenvalue weighted by molar-refractivity contribution is 5.05. The van der Waals surface area contributed by atoms with Gasteiger partial charge in [-0.15, -0.1) is 0 Å². The molecule has 4 heteroatoms. The van der Waals surface area contributed by atoms with Gasteiger partial charge in [-0.2, -0.15) is 0 Å². The molecule has 108 valence electrons. The molecule has 0 spiro atoms. The molecule has 0 radical (unpaired) electrons. The van der Waals surface area contributed by atoms with Crippen LogP contribution in [0.1, 0.15) is 51.0 Å². The smallest absolute Gasteiger partial charge is 0.151 e. The van der Waals surface area contributed by atoms with Crippen molar-refractivity contribution in [2.45, 2.75) is 58.7 Å². The maximum atomic E-state index is 5.42. The summed E-state index contributed by atoms with van der Waals surface area (Å²) in [5.41, 5.74) is 1.01. The predicted octanol–water partition coefficient (Wildman–Crippen LogP) is 2.79. The highest BCUT2D eigenvalue weighted by atomic mass is 16.5. The van der Waals surface area contributed by atoms with Gasteiger partial charge in [0.25, 0.3) is 0 Å². The van der Waals surface area contributed by atoms with Crippen molar-refractivity contribution in [2.75, 3.05) is 13.6 Å². The molecule has 4 nitrogen and oxygen atoms in total. The van der Waals surface area contributed by atoms with Crippen molar-refractivity contribution in [3.8, 4) is 0 Å². The zero-order valence-corrected chi connectivity index (χ0v) is 12.5. The van der Waals surface area contributed by atoms with Crippen molar-refractivity contribution in [3.63, 3.8) is 0 Å². The summed E-state index contributed by atoms with van der Waals surface area (Å²) in [5, 5.41) is 7.52. The average Bonchev–Trinajstić information content (AvgIpc) is 2.99. The maximum Gasteiger partial charge on any atom is 0.151 e. The van der Waals surface area contributed by atoms with Gasteiger partial charge in [-0.3, -0.25) is 4.90 Å². The van der Waals surface area contributed by atoms with E-state index in [1.807, 2.05) is 0 Å². The minimum atomic E-state index is 0.667. The summed E-state index contributed by atoms with van der Waals surface area (Å²) in [4.78, 5) is 2.40. The summed E-state index contributed by atoms with van der Waals surface area (Å²) in [6.45, 7) is 7.11. The first-order chi connectivity index (χ1) is 9.15. The monoisotopic (exact) mass is 265 g/mol. The minimum Gasteiger partial charge on any atom is -0.360 e. The van der Waals surface area contributed by atoms with Crippen LogP contribution in [-0.2, 0) is 13.1 Å². The van der Waals surface area contributed by atoms with Crippen molar-refractivity contribution >= 4 is 0 Å². The Kier molecular flexibility index (Phi) is 5.40. The van der Waals surface area contributed by atoms with Crippen LogP contribution in [0.4, 0.5) is 0 Å². The van der Waals surface area contributed by atoms with Gasteiger partial charge in [0.15, 0.2) is 5.76 Å². The van der Waals surface area contributed by atoms with Gasteiger partial charge in [0.05, 0.1) is 12.2 Å². The number of nitrogens with one attached hydrogen (secondary N) is 1. The Morgan fingerprint density at radius 2 is 2.16 bits per heavy atom. The van der Waals surface area contributed by atoms with Crippen LogP contribution in [0, 0.1) is 5.92 Å². The summed E-state index contributed by atoms with van der Waals surface area (Å²) < 4.78 is 5.42. The molecule has 1 aromatic heterocycles. The number of rotatable bonds is 7. The van der Waals surface area contributed by atoms with Gasteiger partial charge in [0.2, 0.25) is 0 Å². The van der Waals surface area contributed by atoms with Crippen LogP contribution in [0.15, 0.2) is 10.6 Å². The van der Waals surface area contributed by atoms with E-state index < -0.39 is 0 Å². The van der Waals surface area contributed by atoms with Gasteiger partial charge in [-0.1, -0.05) is 31.8 Å². The minimum absolute atomic E-state index is 0.667. The molecule has 1 fully saturated rings. The molecule has 19 heavy (non-hydrogen) atoms. The molecule has 0 amide bonds. The van der Waals surface area contributed by atoms with E-state index in [9.17, 15) is 0 Å². The second kappa shape index (κ2) is 7.06. The zero-order valence-electron chi connectivity index (χ0n) is 12.5. The third kappa shape index (κ3) is 4.62. The van der Waals surface area contributed by atoms with Crippen LogP contribution in [-0.4, -0.2) is 29.7 Å². The lowest BCUT2D eigenvalue weighted by Crippen LogP contribution is -2.28. The largest absolute Gasteiger partial charge is 0.360 e. The van der Waals surface area contributed by atoms with E-state index in [1.54, 1.807) is 0 Å². The van der Waals surface area contributed by atoms with Crippen LogP contribution in [0.3, 0.4) is 0 Å². The highest BCUT2D eigenvalue weighted by Crippen LogP contribution is 2.23. The van der Waals surface area contributed by atoms with Gasteiger partial charge in [0, 0.05) is 18.7 Å². The fourth-order valence-electron chi connectivity index (χ4n) is 2.72. The average molecular weight is 265 g/mol. The molecule has 1 aliphatic carbocycles. The number of nitrogens with zero attached hydrogens (tertiary/aromatic N) is 2. The molecular weight excluding hydrogens is 238 g/mol. The molecule has 0 atom stereocenters. The number of hydrogen-bond acceptors (Lipinski definition) is 4. The molecule has 2 rings (SSSR count). The SMILES string of the molecule is CC(C)CNCc1cc(CN(C)C2CCCC2)on1. The lowest BCUT2D eigenvalue weighted by Gasteiger charge is -2.22. The summed E-state index contributed by atoms with van der Waals surface area (Å²) in [5.74, 6) is 1.65. The lowest BCUT2D eigenvalue weighted by molar-refractivity contribution is 0.209. The topological polar surface area (TPSA) is 41.3 Å². The third-order valence-electron chi connectivity index (χ3n) is 3.82. The Bertz CT molecular complexity index is 369. The molecule has 0 unspecified atom stereocenters. The quantitative estimate of drug-likeness (QED) is 0.823. The molecule has 1 heterocycles. The third-order valence-corrected chi connectivity index (χ3v) is 3.82. The van der Waals surface area contributed by atoms with E-state index in [-0.39, 0.29) is 0 Å². The first kappa shape index (κ1) is 14.5. The first-order valence-electron chi connectivity index (χ1n) is 7.50. The molecule has 1 aliphatic rings. The summed E-state index contributed by atoms with van der Waals surface area (Å²) >= 11 is 0. The Balaban J connectivity index is 1.76. The summed E-state index contributed by atoms with van der Waals surface area (Å²) in [7, 11) is 2.19.